The van der Waals surface area contributed by atoms with Crippen molar-refractivity contribution in [1.82, 2.24) is 4.98 Å². The van der Waals surface area contributed by atoms with Crippen LogP contribution in [0.15, 0.2) is 35.8 Å². The summed E-state index contributed by atoms with van der Waals surface area (Å²) in [5.41, 5.74) is 2.66. The number of hydrogen-bond acceptors (Lipinski definition) is 4. The number of hydrogen-bond donors (Lipinski definition) is 1. The SMILES string of the molecule is c1csc(NCc2ccc(N3CCCCC3)cc2)n1. The minimum absolute atomic E-state index is 0.841. The summed E-state index contributed by atoms with van der Waals surface area (Å²) in [5, 5.41) is 6.31. The molecule has 1 aliphatic heterocycles. The van der Waals surface area contributed by atoms with Crippen LogP contribution in [0.25, 0.3) is 0 Å². The van der Waals surface area contributed by atoms with Gasteiger partial charge in [0.25, 0.3) is 0 Å². The highest BCUT2D eigenvalue weighted by Crippen LogP contribution is 2.20. The summed E-state index contributed by atoms with van der Waals surface area (Å²) in [5.74, 6) is 0. The van der Waals surface area contributed by atoms with Crippen molar-refractivity contribution in [3.05, 3.63) is 41.4 Å². The van der Waals surface area contributed by atoms with Crippen molar-refractivity contribution in [1.29, 1.82) is 0 Å². The first-order valence-corrected chi connectivity index (χ1v) is 7.77. The van der Waals surface area contributed by atoms with Gasteiger partial charge in [0.1, 0.15) is 0 Å². The Balaban J connectivity index is 1.58. The third-order valence-electron chi connectivity index (χ3n) is 3.53. The Hall–Kier alpha value is -1.55. The molecule has 1 N–H and O–H groups in total. The van der Waals surface area contributed by atoms with Gasteiger partial charge in [-0.25, -0.2) is 4.98 Å². The molecule has 1 aromatic heterocycles. The maximum Gasteiger partial charge on any atom is 0.182 e. The second-order valence-electron chi connectivity index (χ2n) is 4.90. The van der Waals surface area contributed by atoms with Gasteiger partial charge in [-0.1, -0.05) is 12.1 Å². The third kappa shape index (κ3) is 3.26. The van der Waals surface area contributed by atoms with Gasteiger partial charge in [-0.15, -0.1) is 11.3 Å². The number of nitrogens with one attached hydrogen (secondary N) is 1. The minimum Gasteiger partial charge on any atom is -0.372 e. The van der Waals surface area contributed by atoms with Crippen molar-refractivity contribution in [3.8, 4) is 0 Å². The zero-order valence-electron chi connectivity index (χ0n) is 11.0. The summed E-state index contributed by atoms with van der Waals surface area (Å²) in [7, 11) is 0. The Morgan fingerprint density at radius 1 is 1.11 bits per heavy atom. The van der Waals surface area contributed by atoms with Crippen molar-refractivity contribution in [3.63, 3.8) is 0 Å². The van der Waals surface area contributed by atoms with Crippen LogP contribution >= 0.6 is 11.3 Å². The number of piperidine rings is 1. The highest BCUT2D eigenvalue weighted by molar-refractivity contribution is 7.13. The quantitative estimate of drug-likeness (QED) is 0.919. The van der Waals surface area contributed by atoms with E-state index in [1.165, 1.54) is 43.6 Å². The van der Waals surface area contributed by atoms with Crippen LogP contribution in [0.4, 0.5) is 10.8 Å². The molecule has 2 aromatic rings. The van der Waals surface area contributed by atoms with Crippen LogP contribution in [0, 0.1) is 0 Å². The standard InChI is InChI=1S/C15H19N3S/c1-2-9-18(10-3-1)14-6-4-13(5-7-14)12-17-15-16-8-11-19-15/h4-8,11H,1-3,9-10,12H2,(H,16,17). The first-order chi connectivity index (χ1) is 9.42. The van der Waals surface area contributed by atoms with E-state index in [0.29, 0.717) is 0 Å². The van der Waals surface area contributed by atoms with Gasteiger partial charge in [-0.2, -0.15) is 0 Å². The van der Waals surface area contributed by atoms with E-state index < -0.39 is 0 Å². The van der Waals surface area contributed by atoms with E-state index in [4.69, 9.17) is 0 Å². The number of benzene rings is 1. The summed E-state index contributed by atoms with van der Waals surface area (Å²) in [6.07, 6.45) is 5.86. The summed E-state index contributed by atoms with van der Waals surface area (Å²) >= 11 is 1.64. The number of anilines is 2. The Kier molecular flexibility index (Phi) is 3.98. The van der Waals surface area contributed by atoms with E-state index in [-0.39, 0.29) is 0 Å². The Bertz CT molecular complexity index is 487. The molecule has 0 atom stereocenters. The van der Waals surface area contributed by atoms with Gasteiger partial charge < -0.3 is 10.2 Å². The Morgan fingerprint density at radius 3 is 2.58 bits per heavy atom. The smallest absolute Gasteiger partial charge is 0.182 e. The van der Waals surface area contributed by atoms with Crippen LogP contribution in [-0.4, -0.2) is 18.1 Å². The van der Waals surface area contributed by atoms with Gasteiger partial charge in [-0.05, 0) is 37.0 Å². The van der Waals surface area contributed by atoms with Gasteiger partial charge in [0.15, 0.2) is 5.13 Å². The predicted octanol–water partition coefficient (Wildman–Crippen LogP) is 3.75. The van der Waals surface area contributed by atoms with E-state index in [9.17, 15) is 0 Å². The van der Waals surface area contributed by atoms with Gasteiger partial charge in [-0.3, -0.25) is 0 Å². The predicted molar refractivity (Wildman–Crippen MR) is 81.9 cm³/mol. The highest BCUT2D eigenvalue weighted by Gasteiger charge is 2.10. The van der Waals surface area contributed by atoms with Crippen LogP contribution in [0.2, 0.25) is 0 Å². The lowest BCUT2D eigenvalue weighted by atomic mass is 10.1. The fourth-order valence-corrected chi connectivity index (χ4v) is 2.99. The van der Waals surface area contributed by atoms with Crippen molar-refractivity contribution in [2.45, 2.75) is 25.8 Å². The minimum atomic E-state index is 0.841. The van der Waals surface area contributed by atoms with Crippen LogP contribution in [0.1, 0.15) is 24.8 Å². The zero-order valence-corrected chi connectivity index (χ0v) is 11.8. The summed E-state index contributed by atoms with van der Waals surface area (Å²) in [6.45, 7) is 3.25. The molecule has 0 amide bonds. The highest BCUT2D eigenvalue weighted by atomic mass is 32.1. The molecule has 3 rings (SSSR count). The first-order valence-electron chi connectivity index (χ1n) is 6.89. The second-order valence-corrected chi connectivity index (χ2v) is 5.80. The third-order valence-corrected chi connectivity index (χ3v) is 4.26. The lowest BCUT2D eigenvalue weighted by Crippen LogP contribution is -2.29. The number of thiazole rings is 1. The monoisotopic (exact) mass is 273 g/mol. The zero-order chi connectivity index (χ0) is 12.9. The van der Waals surface area contributed by atoms with Crippen molar-refractivity contribution in [2.24, 2.45) is 0 Å². The fourth-order valence-electron chi connectivity index (χ4n) is 2.47. The van der Waals surface area contributed by atoms with Gasteiger partial charge >= 0.3 is 0 Å². The number of rotatable bonds is 4. The molecule has 0 aliphatic carbocycles. The molecule has 2 heterocycles. The molecule has 0 radical (unpaired) electrons. The lowest BCUT2D eigenvalue weighted by Gasteiger charge is -2.28. The van der Waals surface area contributed by atoms with E-state index in [0.717, 1.165) is 11.7 Å². The molecule has 1 fully saturated rings. The summed E-state index contributed by atoms with van der Waals surface area (Å²) in [4.78, 5) is 6.71. The normalized spacial score (nSPS) is 15.5. The molecule has 0 saturated carbocycles. The average Bonchev–Trinajstić information content (AvgIpc) is 3.00. The van der Waals surface area contributed by atoms with Crippen LogP contribution in [0.3, 0.4) is 0 Å². The molecular weight excluding hydrogens is 254 g/mol. The average molecular weight is 273 g/mol. The topological polar surface area (TPSA) is 28.2 Å². The maximum absolute atomic E-state index is 4.22. The van der Waals surface area contributed by atoms with Crippen molar-refractivity contribution >= 4 is 22.2 Å². The maximum atomic E-state index is 4.22. The molecule has 1 aromatic carbocycles. The molecule has 1 saturated heterocycles. The Morgan fingerprint density at radius 2 is 1.89 bits per heavy atom. The van der Waals surface area contributed by atoms with Crippen LogP contribution in [0.5, 0.6) is 0 Å². The molecule has 1 aliphatic rings. The van der Waals surface area contributed by atoms with Gasteiger partial charge in [0, 0.05) is 36.9 Å². The molecule has 0 spiro atoms. The molecule has 100 valence electrons. The van der Waals surface area contributed by atoms with Crippen LogP contribution < -0.4 is 10.2 Å². The van der Waals surface area contributed by atoms with Crippen molar-refractivity contribution < 1.29 is 0 Å². The summed E-state index contributed by atoms with van der Waals surface area (Å²) in [6, 6.07) is 8.91. The van der Waals surface area contributed by atoms with E-state index in [1.807, 2.05) is 11.6 Å². The molecule has 0 unspecified atom stereocenters. The van der Waals surface area contributed by atoms with Gasteiger partial charge in [0.2, 0.25) is 0 Å². The summed E-state index contributed by atoms with van der Waals surface area (Å²) < 4.78 is 0. The lowest BCUT2D eigenvalue weighted by molar-refractivity contribution is 0.578. The molecule has 3 nitrogen and oxygen atoms in total. The Labute approximate surface area is 118 Å². The largest absolute Gasteiger partial charge is 0.372 e. The molecular formula is C15H19N3S. The molecule has 0 bridgehead atoms. The van der Waals surface area contributed by atoms with Crippen LogP contribution in [-0.2, 0) is 6.54 Å². The second kappa shape index (κ2) is 6.06. The van der Waals surface area contributed by atoms with Crippen molar-refractivity contribution in [2.75, 3.05) is 23.3 Å². The van der Waals surface area contributed by atoms with E-state index in [2.05, 4.69) is 39.5 Å². The number of aromatic nitrogens is 1. The first kappa shape index (κ1) is 12.5. The van der Waals surface area contributed by atoms with E-state index >= 15 is 0 Å². The molecule has 4 heteroatoms. The van der Waals surface area contributed by atoms with Gasteiger partial charge in [0.05, 0.1) is 0 Å². The fraction of sp³-hybridized carbons (Fsp3) is 0.400. The van der Waals surface area contributed by atoms with E-state index in [1.54, 1.807) is 11.3 Å². The number of nitrogens with zero attached hydrogens (tertiary/aromatic N) is 2. The molecule has 19 heavy (non-hydrogen) atoms.